The van der Waals surface area contributed by atoms with Gasteiger partial charge >= 0.3 is 5.97 Å². The molecule has 0 spiro atoms. The fraction of sp³-hybridized carbons (Fsp3) is 0.231. The summed E-state index contributed by atoms with van der Waals surface area (Å²) in [4.78, 5) is 18.1. The van der Waals surface area contributed by atoms with Gasteiger partial charge in [0.15, 0.2) is 0 Å². The molecular formula is C13H11FN2O2. The number of hydrogen-bond acceptors (Lipinski definition) is 2. The summed E-state index contributed by atoms with van der Waals surface area (Å²) in [6.07, 6.45) is 2.28. The number of carbonyl (C=O) groups is 1. The van der Waals surface area contributed by atoms with Crippen molar-refractivity contribution in [2.75, 3.05) is 0 Å². The molecule has 0 amide bonds. The molecule has 2 unspecified atom stereocenters. The minimum absolute atomic E-state index is 0.0169. The standard InChI is InChI=1S/C13H11FN2O2/c14-8-3-1-7(2-4-8)11-6-15-12(16-11)9-5-10(9)13(17)18/h1-4,6,9-10H,5H2,(H,15,16)(H,17,18). The molecule has 2 aromatic rings. The number of hydrogen-bond donors (Lipinski definition) is 2. The number of imidazole rings is 1. The van der Waals surface area contributed by atoms with Gasteiger partial charge in [-0.1, -0.05) is 0 Å². The number of nitrogens with zero attached hydrogens (tertiary/aromatic N) is 1. The van der Waals surface area contributed by atoms with Gasteiger partial charge in [0.1, 0.15) is 11.6 Å². The predicted octanol–water partition coefficient (Wildman–Crippen LogP) is 2.40. The number of aromatic amines is 1. The van der Waals surface area contributed by atoms with Crippen molar-refractivity contribution in [2.24, 2.45) is 5.92 Å². The van der Waals surface area contributed by atoms with E-state index in [0.29, 0.717) is 12.2 Å². The van der Waals surface area contributed by atoms with Crippen LogP contribution in [0.15, 0.2) is 30.5 Å². The predicted molar refractivity (Wildman–Crippen MR) is 62.5 cm³/mol. The smallest absolute Gasteiger partial charge is 0.307 e. The number of H-pyrrole nitrogens is 1. The highest BCUT2D eigenvalue weighted by Crippen LogP contribution is 2.46. The molecule has 0 aliphatic heterocycles. The first-order valence-corrected chi connectivity index (χ1v) is 5.69. The average Bonchev–Trinajstić information content (AvgIpc) is 3.02. The van der Waals surface area contributed by atoms with Crippen LogP contribution >= 0.6 is 0 Å². The fourth-order valence-electron chi connectivity index (χ4n) is 2.07. The highest BCUT2D eigenvalue weighted by Gasteiger charge is 2.46. The molecule has 92 valence electrons. The Kier molecular flexibility index (Phi) is 2.40. The molecule has 3 rings (SSSR count). The molecule has 18 heavy (non-hydrogen) atoms. The summed E-state index contributed by atoms with van der Waals surface area (Å²) >= 11 is 0. The van der Waals surface area contributed by atoms with Crippen LogP contribution in [0.3, 0.4) is 0 Å². The molecular weight excluding hydrogens is 235 g/mol. The van der Waals surface area contributed by atoms with Crippen molar-refractivity contribution >= 4 is 5.97 Å². The molecule has 1 aromatic carbocycles. The lowest BCUT2D eigenvalue weighted by Gasteiger charge is -1.97. The van der Waals surface area contributed by atoms with Crippen LogP contribution in [-0.2, 0) is 4.79 Å². The van der Waals surface area contributed by atoms with Crippen molar-refractivity contribution in [1.82, 2.24) is 9.97 Å². The topological polar surface area (TPSA) is 66.0 Å². The molecule has 1 aliphatic carbocycles. The zero-order chi connectivity index (χ0) is 12.7. The number of carboxylic acids is 1. The van der Waals surface area contributed by atoms with E-state index in [1.165, 1.54) is 12.1 Å². The second-order valence-corrected chi connectivity index (χ2v) is 4.48. The van der Waals surface area contributed by atoms with Crippen molar-refractivity contribution in [3.63, 3.8) is 0 Å². The Bertz CT molecular complexity index is 591. The third-order valence-corrected chi connectivity index (χ3v) is 3.21. The number of aliphatic carboxylic acids is 1. The lowest BCUT2D eigenvalue weighted by atomic mass is 10.2. The maximum atomic E-state index is 12.8. The van der Waals surface area contributed by atoms with Crippen LogP contribution in [0.25, 0.3) is 11.3 Å². The number of rotatable bonds is 3. The van der Waals surface area contributed by atoms with Crippen LogP contribution in [0.5, 0.6) is 0 Å². The summed E-state index contributed by atoms with van der Waals surface area (Å²) in [6, 6.07) is 6.09. The maximum Gasteiger partial charge on any atom is 0.307 e. The monoisotopic (exact) mass is 246 g/mol. The molecule has 1 heterocycles. The highest BCUT2D eigenvalue weighted by molar-refractivity contribution is 5.75. The molecule has 0 saturated heterocycles. The Morgan fingerprint density at radius 2 is 2.11 bits per heavy atom. The third-order valence-electron chi connectivity index (χ3n) is 3.21. The Hall–Kier alpha value is -2.17. The lowest BCUT2D eigenvalue weighted by molar-refractivity contribution is -0.138. The quantitative estimate of drug-likeness (QED) is 0.873. The minimum Gasteiger partial charge on any atom is -0.481 e. The number of nitrogens with one attached hydrogen (secondary N) is 1. The molecule has 2 atom stereocenters. The zero-order valence-electron chi connectivity index (χ0n) is 9.43. The van der Waals surface area contributed by atoms with Gasteiger partial charge in [0.25, 0.3) is 0 Å². The first-order chi connectivity index (χ1) is 8.65. The number of benzene rings is 1. The third kappa shape index (κ3) is 1.88. The molecule has 0 radical (unpaired) electrons. The van der Waals surface area contributed by atoms with Crippen molar-refractivity contribution < 1.29 is 14.3 Å². The van der Waals surface area contributed by atoms with E-state index >= 15 is 0 Å². The number of aromatic nitrogens is 2. The average molecular weight is 246 g/mol. The van der Waals surface area contributed by atoms with Gasteiger partial charge in [0.2, 0.25) is 0 Å². The minimum atomic E-state index is -0.778. The zero-order valence-corrected chi connectivity index (χ0v) is 9.43. The Balaban J connectivity index is 1.82. The first-order valence-electron chi connectivity index (χ1n) is 5.69. The van der Waals surface area contributed by atoms with Crippen LogP contribution in [0.2, 0.25) is 0 Å². The van der Waals surface area contributed by atoms with Gasteiger partial charge in [-0.3, -0.25) is 4.79 Å². The molecule has 0 bridgehead atoms. The van der Waals surface area contributed by atoms with E-state index in [0.717, 1.165) is 11.3 Å². The van der Waals surface area contributed by atoms with Gasteiger partial charge in [0, 0.05) is 5.92 Å². The van der Waals surface area contributed by atoms with Crippen molar-refractivity contribution in [1.29, 1.82) is 0 Å². The van der Waals surface area contributed by atoms with Gasteiger partial charge in [-0.25, -0.2) is 9.37 Å². The van der Waals surface area contributed by atoms with Crippen LogP contribution < -0.4 is 0 Å². The van der Waals surface area contributed by atoms with Crippen LogP contribution in [-0.4, -0.2) is 21.0 Å². The van der Waals surface area contributed by atoms with Gasteiger partial charge in [-0.15, -0.1) is 0 Å². The second kappa shape index (κ2) is 3.94. The molecule has 4 nitrogen and oxygen atoms in total. The Morgan fingerprint density at radius 1 is 1.39 bits per heavy atom. The SMILES string of the molecule is O=C(O)C1CC1c1ncc(-c2ccc(F)cc2)[nH]1. The fourth-order valence-corrected chi connectivity index (χ4v) is 2.07. The Labute approximate surface area is 102 Å². The van der Waals surface area contributed by atoms with Crippen LogP contribution in [0, 0.1) is 11.7 Å². The van der Waals surface area contributed by atoms with E-state index in [1.54, 1.807) is 18.3 Å². The molecule has 1 aliphatic rings. The first kappa shape index (κ1) is 11.0. The molecule has 1 fully saturated rings. The summed E-state index contributed by atoms with van der Waals surface area (Å²) in [5, 5.41) is 8.86. The lowest BCUT2D eigenvalue weighted by Crippen LogP contribution is -1.99. The normalized spacial score (nSPS) is 21.8. The summed E-state index contributed by atoms with van der Waals surface area (Å²) < 4.78 is 12.8. The molecule has 1 aromatic heterocycles. The Morgan fingerprint density at radius 3 is 2.72 bits per heavy atom. The van der Waals surface area contributed by atoms with E-state index in [1.807, 2.05) is 0 Å². The van der Waals surface area contributed by atoms with Crippen molar-refractivity contribution in [2.45, 2.75) is 12.3 Å². The maximum absolute atomic E-state index is 12.8. The van der Waals surface area contributed by atoms with Crippen molar-refractivity contribution in [3.05, 3.63) is 42.1 Å². The van der Waals surface area contributed by atoms with E-state index < -0.39 is 5.97 Å². The highest BCUT2D eigenvalue weighted by atomic mass is 19.1. The van der Waals surface area contributed by atoms with Gasteiger partial charge < -0.3 is 10.1 Å². The molecule has 2 N–H and O–H groups in total. The summed E-state index contributed by atoms with van der Waals surface area (Å²) in [6.45, 7) is 0. The number of halogens is 1. The summed E-state index contributed by atoms with van der Waals surface area (Å²) in [7, 11) is 0. The van der Waals surface area contributed by atoms with E-state index in [9.17, 15) is 9.18 Å². The number of carboxylic acid groups (broad SMARTS) is 1. The van der Waals surface area contributed by atoms with Crippen molar-refractivity contribution in [3.8, 4) is 11.3 Å². The van der Waals surface area contributed by atoms with Crippen LogP contribution in [0.4, 0.5) is 4.39 Å². The summed E-state index contributed by atoms with van der Waals surface area (Å²) in [5.74, 6) is -0.706. The van der Waals surface area contributed by atoms with E-state index in [4.69, 9.17) is 5.11 Å². The van der Waals surface area contributed by atoms with Crippen LogP contribution in [0.1, 0.15) is 18.2 Å². The summed E-state index contributed by atoms with van der Waals surface area (Å²) in [5.41, 5.74) is 1.61. The molecule has 1 saturated carbocycles. The van der Waals surface area contributed by atoms with E-state index in [-0.39, 0.29) is 17.7 Å². The van der Waals surface area contributed by atoms with Gasteiger partial charge in [-0.2, -0.15) is 0 Å². The van der Waals surface area contributed by atoms with E-state index in [2.05, 4.69) is 9.97 Å². The van der Waals surface area contributed by atoms with Gasteiger partial charge in [0.05, 0.1) is 17.8 Å². The molecule has 5 heteroatoms. The second-order valence-electron chi connectivity index (χ2n) is 4.48. The van der Waals surface area contributed by atoms with Gasteiger partial charge in [-0.05, 0) is 36.2 Å². The largest absolute Gasteiger partial charge is 0.481 e.